The van der Waals surface area contributed by atoms with Gasteiger partial charge in [-0.1, -0.05) is 36.4 Å². The van der Waals surface area contributed by atoms with E-state index in [1.807, 2.05) is 36.4 Å². The predicted octanol–water partition coefficient (Wildman–Crippen LogP) is 2.45. The monoisotopic (exact) mass is 375 g/mol. The zero-order valence-electron chi connectivity index (χ0n) is 14.8. The summed E-state index contributed by atoms with van der Waals surface area (Å²) in [6.45, 7) is 0.0175. The molecule has 2 amide bonds. The fourth-order valence-corrected chi connectivity index (χ4v) is 2.89. The van der Waals surface area contributed by atoms with Crippen LogP contribution in [0.4, 0.5) is 0 Å². The lowest BCUT2D eigenvalue weighted by molar-refractivity contribution is -0.120. The van der Waals surface area contributed by atoms with E-state index in [4.69, 9.17) is 9.47 Å². The first kappa shape index (κ1) is 17.5. The average Bonchev–Trinajstić information content (AvgIpc) is 3.19. The Kier molecular flexibility index (Phi) is 4.88. The Morgan fingerprint density at radius 1 is 1.00 bits per heavy atom. The highest BCUT2D eigenvalue weighted by molar-refractivity contribution is 6.07. The number of nitrogens with one attached hydrogen (secondary N) is 2. The molecule has 7 nitrogen and oxygen atoms in total. The van der Waals surface area contributed by atoms with Gasteiger partial charge in [0, 0.05) is 5.56 Å². The van der Waals surface area contributed by atoms with Gasteiger partial charge < -0.3 is 14.8 Å². The van der Waals surface area contributed by atoms with Crippen LogP contribution in [0.3, 0.4) is 0 Å². The molecule has 1 aliphatic heterocycles. The molecule has 7 heteroatoms. The number of hydrogen-bond donors (Lipinski definition) is 2. The first-order valence-electron chi connectivity index (χ1n) is 8.68. The summed E-state index contributed by atoms with van der Waals surface area (Å²) in [5, 5.41) is 8.31. The molecule has 0 atom stereocenters. The molecule has 0 fully saturated rings. The molecule has 1 heterocycles. The van der Waals surface area contributed by atoms with Crippen LogP contribution in [0.1, 0.15) is 15.9 Å². The summed E-state index contributed by atoms with van der Waals surface area (Å²) in [6, 6.07) is 18.4. The predicted molar refractivity (Wildman–Crippen MR) is 105 cm³/mol. The number of carbonyl (C=O) groups is 2. The molecule has 0 radical (unpaired) electrons. The van der Waals surface area contributed by atoms with Gasteiger partial charge in [-0.05, 0) is 40.6 Å². The van der Waals surface area contributed by atoms with Gasteiger partial charge in [0.1, 0.15) is 0 Å². The van der Waals surface area contributed by atoms with Gasteiger partial charge >= 0.3 is 0 Å². The van der Waals surface area contributed by atoms with Crippen molar-refractivity contribution in [3.8, 4) is 11.5 Å². The molecule has 0 saturated heterocycles. The number of ether oxygens (including phenoxy) is 2. The van der Waals surface area contributed by atoms with Crippen molar-refractivity contribution >= 4 is 28.8 Å². The van der Waals surface area contributed by atoms with Crippen LogP contribution in [-0.4, -0.2) is 31.4 Å². The van der Waals surface area contributed by atoms with Crippen molar-refractivity contribution in [3.63, 3.8) is 0 Å². The van der Waals surface area contributed by atoms with Gasteiger partial charge in [-0.2, -0.15) is 5.10 Å². The Balaban J connectivity index is 1.32. The molecule has 0 bridgehead atoms. The van der Waals surface area contributed by atoms with Crippen LogP contribution in [0, 0.1) is 0 Å². The number of rotatable bonds is 5. The second kappa shape index (κ2) is 7.79. The van der Waals surface area contributed by atoms with Gasteiger partial charge in [-0.15, -0.1) is 0 Å². The van der Waals surface area contributed by atoms with Crippen LogP contribution in [0.5, 0.6) is 11.5 Å². The summed E-state index contributed by atoms with van der Waals surface area (Å²) in [5.41, 5.74) is 3.66. The molecule has 140 valence electrons. The minimum atomic E-state index is -0.425. The van der Waals surface area contributed by atoms with Crippen LogP contribution in [0.2, 0.25) is 0 Å². The van der Waals surface area contributed by atoms with E-state index in [2.05, 4.69) is 15.8 Å². The molecule has 0 aliphatic carbocycles. The molecule has 4 rings (SSSR count). The fraction of sp³-hybridized carbons (Fsp3) is 0.0952. The maximum Gasteiger partial charge on any atom is 0.259 e. The first-order chi connectivity index (χ1) is 13.7. The summed E-state index contributed by atoms with van der Waals surface area (Å²) in [4.78, 5) is 24.3. The molecule has 3 aromatic rings. The van der Waals surface area contributed by atoms with E-state index in [0.717, 1.165) is 16.3 Å². The second-order valence-electron chi connectivity index (χ2n) is 6.12. The maximum atomic E-state index is 12.4. The highest BCUT2D eigenvalue weighted by Crippen LogP contribution is 2.31. The van der Waals surface area contributed by atoms with Crippen LogP contribution in [-0.2, 0) is 4.79 Å². The first-order valence-corrected chi connectivity index (χ1v) is 8.68. The Bertz CT molecular complexity index is 1070. The maximum absolute atomic E-state index is 12.4. The largest absolute Gasteiger partial charge is 0.454 e. The van der Waals surface area contributed by atoms with E-state index >= 15 is 0 Å². The van der Waals surface area contributed by atoms with Crippen LogP contribution >= 0.6 is 0 Å². The van der Waals surface area contributed by atoms with Crippen molar-refractivity contribution in [2.75, 3.05) is 13.3 Å². The minimum Gasteiger partial charge on any atom is -0.454 e. The van der Waals surface area contributed by atoms with E-state index in [1.165, 1.54) is 6.21 Å². The smallest absolute Gasteiger partial charge is 0.259 e. The van der Waals surface area contributed by atoms with Crippen molar-refractivity contribution in [2.45, 2.75) is 0 Å². The van der Waals surface area contributed by atoms with Gasteiger partial charge in [0.25, 0.3) is 11.8 Å². The highest BCUT2D eigenvalue weighted by atomic mass is 16.7. The number of carbonyl (C=O) groups excluding carboxylic acids is 2. The summed E-state index contributed by atoms with van der Waals surface area (Å²) >= 11 is 0. The lowest BCUT2D eigenvalue weighted by Gasteiger charge is -2.07. The molecule has 0 unspecified atom stereocenters. The number of hydrogen-bond acceptors (Lipinski definition) is 5. The number of hydrazone groups is 1. The minimum absolute atomic E-state index is 0.180. The summed E-state index contributed by atoms with van der Waals surface area (Å²) in [6.07, 6.45) is 1.49. The van der Waals surface area contributed by atoms with Crippen molar-refractivity contribution in [1.82, 2.24) is 10.7 Å². The van der Waals surface area contributed by atoms with Crippen molar-refractivity contribution in [3.05, 3.63) is 71.8 Å². The van der Waals surface area contributed by atoms with Gasteiger partial charge in [0.2, 0.25) is 6.79 Å². The Morgan fingerprint density at radius 2 is 1.82 bits per heavy atom. The van der Waals surface area contributed by atoms with Crippen LogP contribution in [0.15, 0.2) is 65.8 Å². The topological polar surface area (TPSA) is 89.0 Å². The van der Waals surface area contributed by atoms with Gasteiger partial charge in [0.15, 0.2) is 11.5 Å². The quantitative estimate of drug-likeness (QED) is 0.530. The SMILES string of the molecule is O=C(CNC(=O)c1cccc2ccccc12)N/N=C/c1ccc2c(c1)OCO2. The number of benzene rings is 3. The summed E-state index contributed by atoms with van der Waals surface area (Å²) in [5.74, 6) is 0.576. The van der Waals surface area contributed by atoms with Crippen molar-refractivity contribution in [2.24, 2.45) is 5.10 Å². The van der Waals surface area contributed by atoms with Gasteiger partial charge in [-0.3, -0.25) is 9.59 Å². The molecule has 3 aromatic carbocycles. The molecule has 2 N–H and O–H groups in total. The second-order valence-corrected chi connectivity index (χ2v) is 6.12. The summed E-state index contributed by atoms with van der Waals surface area (Å²) < 4.78 is 10.5. The molecule has 0 saturated carbocycles. The number of amides is 2. The molecule has 0 spiro atoms. The van der Waals surface area contributed by atoms with Crippen molar-refractivity contribution in [1.29, 1.82) is 0 Å². The molecule has 0 aromatic heterocycles. The molecular weight excluding hydrogens is 358 g/mol. The Labute approximate surface area is 161 Å². The number of fused-ring (bicyclic) bond motifs is 2. The van der Waals surface area contributed by atoms with Gasteiger partial charge in [0.05, 0.1) is 12.8 Å². The molecule has 28 heavy (non-hydrogen) atoms. The lowest BCUT2D eigenvalue weighted by Crippen LogP contribution is -2.35. The Hall–Kier alpha value is -3.87. The number of nitrogens with zero attached hydrogens (tertiary/aromatic N) is 1. The summed E-state index contributed by atoms with van der Waals surface area (Å²) in [7, 11) is 0. The Morgan fingerprint density at radius 3 is 2.75 bits per heavy atom. The highest BCUT2D eigenvalue weighted by Gasteiger charge is 2.13. The van der Waals surface area contributed by atoms with E-state index < -0.39 is 5.91 Å². The third-order valence-corrected chi connectivity index (χ3v) is 4.24. The average molecular weight is 375 g/mol. The lowest BCUT2D eigenvalue weighted by atomic mass is 10.0. The van der Waals surface area contributed by atoms with Crippen molar-refractivity contribution < 1.29 is 19.1 Å². The van der Waals surface area contributed by atoms with E-state index in [1.54, 1.807) is 24.3 Å². The zero-order chi connectivity index (χ0) is 19.3. The van der Waals surface area contributed by atoms with E-state index in [0.29, 0.717) is 17.1 Å². The normalized spacial score (nSPS) is 12.3. The third kappa shape index (κ3) is 3.78. The van der Waals surface area contributed by atoms with Crippen LogP contribution < -0.4 is 20.2 Å². The van der Waals surface area contributed by atoms with Crippen LogP contribution in [0.25, 0.3) is 10.8 Å². The van der Waals surface area contributed by atoms with E-state index in [9.17, 15) is 9.59 Å². The molecule has 1 aliphatic rings. The molecular formula is C21H17N3O4. The fourth-order valence-electron chi connectivity index (χ4n) is 2.89. The van der Waals surface area contributed by atoms with Gasteiger partial charge in [-0.25, -0.2) is 5.43 Å². The third-order valence-electron chi connectivity index (χ3n) is 4.24. The zero-order valence-corrected chi connectivity index (χ0v) is 14.8. The van der Waals surface area contributed by atoms with E-state index in [-0.39, 0.29) is 19.2 Å². The standard InChI is InChI=1S/C21H17N3O4/c25-20(24-23-11-14-8-9-18-19(10-14)28-13-27-18)12-22-21(26)17-7-3-5-15-4-1-2-6-16(15)17/h1-11H,12-13H2,(H,22,26)(H,24,25)/b23-11+.